The summed E-state index contributed by atoms with van der Waals surface area (Å²) in [5, 5.41) is 0.736. The van der Waals surface area contributed by atoms with Crippen molar-refractivity contribution in [1.29, 1.82) is 0 Å². The van der Waals surface area contributed by atoms with Crippen molar-refractivity contribution >= 4 is 32.1 Å². The second-order valence-electron chi connectivity index (χ2n) is 7.04. The van der Waals surface area contributed by atoms with Gasteiger partial charge in [0.2, 0.25) is 5.78 Å². The van der Waals surface area contributed by atoms with E-state index in [9.17, 15) is 17.6 Å². The Kier molecular flexibility index (Phi) is 5.23. The van der Waals surface area contributed by atoms with Gasteiger partial charge in [0, 0.05) is 18.4 Å². The van der Waals surface area contributed by atoms with Crippen molar-refractivity contribution in [2.24, 2.45) is 0 Å². The van der Waals surface area contributed by atoms with Crippen molar-refractivity contribution in [2.75, 3.05) is 17.7 Å². The van der Waals surface area contributed by atoms with E-state index in [0.717, 1.165) is 36.3 Å². The summed E-state index contributed by atoms with van der Waals surface area (Å²) in [7, 11) is -3.39. The first-order chi connectivity index (χ1) is 13.8. The van der Waals surface area contributed by atoms with Gasteiger partial charge in [-0.25, -0.2) is 17.8 Å². The van der Waals surface area contributed by atoms with Gasteiger partial charge in [-0.1, -0.05) is 35.6 Å². The molecule has 1 fully saturated rings. The largest absolute Gasteiger partial charge is 0.341 e. The maximum atomic E-state index is 13.3. The molecule has 1 aliphatic rings. The Morgan fingerprint density at radius 2 is 1.97 bits per heavy atom. The maximum absolute atomic E-state index is 13.3. The molecule has 3 aromatic rings. The van der Waals surface area contributed by atoms with Gasteiger partial charge in [0.25, 0.3) is 0 Å². The van der Waals surface area contributed by atoms with Gasteiger partial charge in [-0.3, -0.25) is 4.79 Å². The smallest absolute Gasteiger partial charge is 0.204 e. The Balaban J connectivity index is 1.59. The fourth-order valence-corrected chi connectivity index (χ4v) is 5.16. The van der Waals surface area contributed by atoms with Gasteiger partial charge in [-0.2, -0.15) is 0 Å². The number of hydrogen-bond donors (Lipinski definition) is 0. The minimum absolute atomic E-state index is 0.0956. The van der Waals surface area contributed by atoms with Crippen LogP contribution in [0.3, 0.4) is 0 Å². The fraction of sp³-hybridized carbons (Fsp3) is 0.238. The number of sulfone groups is 1. The Bertz CT molecular complexity index is 1160. The molecule has 0 radical (unpaired) electrons. The highest BCUT2D eigenvalue weighted by Gasteiger charge is 2.29. The van der Waals surface area contributed by atoms with Gasteiger partial charge in [-0.05, 0) is 42.7 Å². The molecule has 0 aliphatic carbocycles. The summed E-state index contributed by atoms with van der Waals surface area (Å²) in [6, 6.07) is 12.6. The molecule has 5 nitrogen and oxygen atoms in total. The van der Waals surface area contributed by atoms with Gasteiger partial charge in [0.15, 0.2) is 15.0 Å². The summed E-state index contributed by atoms with van der Waals surface area (Å²) in [6.07, 6.45) is 4.58. The minimum Gasteiger partial charge on any atom is -0.341 e. The number of nitrogens with zero attached hydrogens (tertiary/aromatic N) is 2. The van der Waals surface area contributed by atoms with Crippen molar-refractivity contribution in [2.45, 2.75) is 23.8 Å². The highest BCUT2D eigenvalue weighted by Crippen LogP contribution is 2.38. The third-order valence-corrected chi connectivity index (χ3v) is 7.14. The van der Waals surface area contributed by atoms with Crippen molar-refractivity contribution in [3.05, 3.63) is 76.5 Å². The van der Waals surface area contributed by atoms with E-state index in [1.807, 2.05) is 0 Å². The van der Waals surface area contributed by atoms with Crippen molar-refractivity contribution in [3.63, 3.8) is 0 Å². The first-order valence-electron chi connectivity index (χ1n) is 9.16. The molecule has 2 heterocycles. The number of hydrogen-bond acceptors (Lipinski definition) is 6. The number of thiazole rings is 1. The number of halogens is 1. The lowest BCUT2D eigenvalue weighted by molar-refractivity contribution is 0.104. The van der Waals surface area contributed by atoms with E-state index >= 15 is 0 Å². The average molecular weight is 431 g/mol. The summed E-state index contributed by atoms with van der Waals surface area (Å²) in [5.74, 6) is -0.520. The normalized spacial score (nSPS) is 16.9. The van der Waals surface area contributed by atoms with Gasteiger partial charge in [0.05, 0.1) is 22.0 Å². The van der Waals surface area contributed by atoms with Crippen molar-refractivity contribution < 1.29 is 17.6 Å². The maximum Gasteiger partial charge on any atom is 0.204 e. The molecule has 0 spiro atoms. The molecule has 0 N–H and O–H groups in total. The van der Waals surface area contributed by atoms with E-state index in [1.54, 1.807) is 24.3 Å². The Morgan fingerprint density at radius 3 is 2.69 bits per heavy atom. The van der Waals surface area contributed by atoms with Crippen LogP contribution >= 0.6 is 11.3 Å². The van der Waals surface area contributed by atoms with Crippen LogP contribution in [0.4, 0.5) is 9.52 Å². The van der Waals surface area contributed by atoms with Gasteiger partial charge in [0.1, 0.15) is 5.82 Å². The van der Waals surface area contributed by atoms with Crippen LogP contribution in [0.5, 0.6) is 0 Å². The molecular formula is C21H19FN2O3S2. The lowest BCUT2D eigenvalue weighted by Gasteiger charge is -2.24. The van der Waals surface area contributed by atoms with E-state index in [0.29, 0.717) is 10.4 Å². The number of rotatable bonds is 5. The van der Waals surface area contributed by atoms with E-state index in [-0.39, 0.29) is 22.5 Å². The molecule has 4 rings (SSSR count). The van der Waals surface area contributed by atoms with E-state index in [4.69, 9.17) is 0 Å². The highest BCUT2D eigenvalue weighted by atomic mass is 32.2. The van der Waals surface area contributed by atoms with E-state index in [2.05, 4.69) is 9.88 Å². The Morgan fingerprint density at radius 1 is 1.21 bits per heavy atom. The highest BCUT2D eigenvalue weighted by molar-refractivity contribution is 7.90. The predicted molar refractivity (Wildman–Crippen MR) is 111 cm³/mol. The Hall–Kier alpha value is -2.58. The quantitative estimate of drug-likeness (QED) is 0.566. The molecule has 2 aromatic carbocycles. The first kappa shape index (κ1) is 19.7. The SMILES string of the molecule is CS(=O)(=O)c1cccc(C(=O)c2cnc(N3CCC[C@H]3c3ccc(F)cc3)s2)c1. The van der Waals surface area contributed by atoms with Gasteiger partial charge in [-0.15, -0.1) is 0 Å². The zero-order valence-corrected chi connectivity index (χ0v) is 17.3. The number of carbonyl (C=O) groups excluding carboxylic acids is 1. The first-order valence-corrected chi connectivity index (χ1v) is 11.9. The van der Waals surface area contributed by atoms with Gasteiger partial charge < -0.3 is 4.90 Å². The molecule has 0 amide bonds. The molecule has 1 atom stereocenters. The lowest BCUT2D eigenvalue weighted by Crippen LogP contribution is -2.22. The zero-order valence-electron chi connectivity index (χ0n) is 15.7. The molecule has 1 aromatic heterocycles. The zero-order chi connectivity index (χ0) is 20.6. The standard InChI is InChI=1S/C21H19FN2O3S2/c1-29(26,27)17-5-2-4-15(12-17)20(25)19-13-23-21(28-19)24-11-3-6-18(24)14-7-9-16(22)10-8-14/h2,4-5,7-10,12-13,18H,3,6,11H2,1H3/t18-/m0/s1. The minimum atomic E-state index is -3.39. The van der Waals surface area contributed by atoms with Crippen LogP contribution in [0.2, 0.25) is 0 Å². The molecule has 8 heteroatoms. The van der Waals surface area contributed by atoms with Crippen LogP contribution in [0, 0.1) is 5.82 Å². The molecule has 0 saturated carbocycles. The van der Waals surface area contributed by atoms with Crippen molar-refractivity contribution in [1.82, 2.24) is 4.98 Å². The van der Waals surface area contributed by atoms with Crippen LogP contribution < -0.4 is 4.90 Å². The summed E-state index contributed by atoms with van der Waals surface area (Å²) >= 11 is 1.29. The molecule has 0 unspecified atom stereocenters. The third-order valence-electron chi connectivity index (χ3n) is 4.99. The summed E-state index contributed by atoms with van der Waals surface area (Å²) in [4.78, 5) is 20.0. The molecule has 150 valence electrons. The predicted octanol–water partition coefficient (Wildman–Crippen LogP) is 4.26. The molecular weight excluding hydrogens is 411 g/mol. The molecule has 1 saturated heterocycles. The van der Waals surface area contributed by atoms with Gasteiger partial charge >= 0.3 is 0 Å². The van der Waals surface area contributed by atoms with Crippen LogP contribution in [0.15, 0.2) is 59.6 Å². The molecule has 29 heavy (non-hydrogen) atoms. The Labute approximate surface area is 172 Å². The molecule has 0 bridgehead atoms. The number of ketones is 1. The van der Waals surface area contributed by atoms with Crippen LogP contribution in [-0.2, 0) is 9.84 Å². The molecule has 1 aliphatic heterocycles. The second kappa shape index (κ2) is 7.68. The monoisotopic (exact) mass is 430 g/mol. The van der Waals surface area contributed by atoms with Crippen LogP contribution in [0.25, 0.3) is 0 Å². The number of benzene rings is 2. The summed E-state index contributed by atoms with van der Waals surface area (Å²) in [5.41, 5.74) is 1.34. The van der Waals surface area contributed by atoms with Crippen molar-refractivity contribution in [3.8, 4) is 0 Å². The number of aromatic nitrogens is 1. The topological polar surface area (TPSA) is 67.3 Å². The van der Waals surface area contributed by atoms with Crippen LogP contribution in [0.1, 0.15) is 39.7 Å². The number of carbonyl (C=O) groups is 1. The lowest BCUT2D eigenvalue weighted by atomic mass is 10.1. The third kappa shape index (κ3) is 4.09. The second-order valence-corrected chi connectivity index (χ2v) is 10.1. The number of anilines is 1. The van der Waals surface area contributed by atoms with Crippen LogP contribution in [-0.4, -0.2) is 32.0 Å². The summed E-state index contributed by atoms with van der Waals surface area (Å²) < 4.78 is 36.8. The average Bonchev–Trinajstić information content (AvgIpc) is 3.37. The fourth-order valence-electron chi connectivity index (χ4n) is 3.54. The summed E-state index contributed by atoms with van der Waals surface area (Å²) in [6.45, 7) is 0.812. The van der Waals surface area contributed by atoms with E-state index in [1.165, 1.54) is 41.8 Å². The van der Waals surface area contributed by atoms with E-state index < -0.39 is 9.84 Å².